The predicted octanol–water partition coefficient (Wildman–Crippen LogP) is 2.84. The third kappa shape index (κ3) is 2.83. The highest BCUT2D eigenvalue weighted by atomic mass is 32.1. The summed E-state index contributed by atoms with van der Waals surface area (Å²) in [5.41, 5.74) is 0. The largest absolute Gasteiger partial charge is 0.193 e. The summed E-state index contributed by atoms with van der Waals surface area (Å²) in [6, 6.07) is 5.95. The van der Waals surface area contributed by atoms with Crippen LogP contribution >= 0.6 is 11.3 Å². The SMILES string of the molecule is N#C/C=C/C=C/c1cccs1. The van der Waals surface area contributed by atoms with Crippen molar-refractivity contribution in [2.75, 3.05) is 0 Å². The Labute approximate surface area is 69.9 Å². The minimum absolute atomic E-state index is 1.20. The molecule has 54 valence electrons. The first-order valence-electron chi connectivity index (χ1n) is 3.20. The van der Waals surface area contributed by atoms with E-state index in [-0.39, 0.29) is 0 Å². The van der Waals surface area contributed by atoms with Crippen LogP contribution in [-0.4, -0.2) is 0 Å². The van der Waals surface area contributed by atoms with Gasteiger partial charge in [0.2, 0.25) is 0 Å². The van der Waals surface area contributed by atoms with Gasteiger partial charge >= 0.3 is 0 Å². The average Bonchev–Trinajstić information content (AvgIpc) is 2.50. The van der Waals surface area contributed by atoms with Crippen molar-refractivity contribution >= 4 is 17.4 Å². The van der Waals surface area contributed by atoms with E-state index < -0.39 is 0 Å². The third-order valence-electron chi connectivity index (χ3n) is 1.09. The van der Waals surface area contributed by atoms with Gasteiger partial charge in [0.25, 0.3) is 0 Å². The van der Waals surface area contributed by atoms with Crippen LogP contribution in [0.5, 0.6) is 0 Å². The number of thiophene rings is 1. The van der Waals surface area contributed by atoms with E-state index in [1.165, 1.54) is 11.0 Å². The molecule has 0 aliphatic rings. The molecule has 0 aromatic carbocycles. The molecule has 2 heteroatoms. The molecule has 1 aromatic rings. The van der Waals surface area contributed by atoms with Crippen LogP contribution in [0.1, 0.15) is 4.88 Å². The maximum Gasteiger partial charge on any atom is 0.0912 e. The van der Waals surface area contributed by atoms with E-state index in [9.17, 15) is 0 Å². The molecule has 0 saturated carbocycles. The lowest BCUT2D eigenvalue weighted by atomic mass is 10.4. The molecule has 0 radical (unpaired) electrons. The van der Waals surface area contributed by atoms with Gasteiger partial charge in [0.1, 0.15) is 0 Å². The van der Waals surface area contributed by atoms with E-state index in [2.05, 4.69) is 0 Å². The van der Waals surface area contributed by atoms with Crippen LogP contribution in [0.15, 0.2) is 35.7 Å². The predicted molar refractivity (Wildman–Crippen MR) is 48.1 cm³/mol. The molecule has 1 aromatic heterocycles. The van der Waals surface area contributed by atoms with Crippen molar-refractivity contribution in [2.24, 2.45) is 0 Å². The van der Waals surface area contributed by atoms with Crippen LogP contribution < -0.4 is 0 Å². The van der Waals surface area contributed by atoms with Gasteiger partial charge in [-0.1, -0.05) is 18.2 Å². The zero-order chi connectivity index (χ0) is 7.94. The molecule has 1 rings (SSSR count). The summed E-state index contributed by atoms with van der Waals surface area (Å²) in [5, 5.41) is 10.2. The molecule has 0 saturated heterocycles. The van der Waals surface area contributed by atoms with Crippen LogP contribution in [0.3, 0.4) is 0 Å². The molecule has 1 nitrogen and oxygen atoms in total. The summed E-state index contributed by atoms with van der Waals surface area (Å²) < 4.78 is 0. The number of nitriles is 1. The highest BCUT2D eigenvalue weighted by Crippen LogP contribution is 2.09. The number of rotatable bonds is 2. The van der Waals surface area contributed by atoms with E-state index in [0.29, 0.717) is 0 Å². The van der Waals surface area contributed by atoms with Crippen molar-refractivity contribution in [2.45, 2.75) is 0 Å². The fourth-order valence-electron chi connectivity index (χ4n) is 0.635. The Morgan fingerprint density at radius 3 is 3.00 bits per heavy atom. The molecule has 0 spiro atoms. The number of hydrogen-bond donors (Lipinski definition) is 0. The lowest BCUT2D eigenvalue weighted by Crippen LogP contribution is -1.53. The van der Waals surface area contributed by atoms with Gasteiger partial charge in [-0.3, -0.25) is 0 Å². The Hall–Kier alpha value is -1.33. The monoisotopic (exact) mass is 161 g/mol. The number of allylic oxidation sites excluding steroid dienone is 3. The molecule has 0 N–H and O–H groups in total. The molecule has 1 heterocycles. The van der Waals surface area contributed by atoms with Crippen LogP contribution in [0, 0.1) is 11.3 Å². The third-order valence-corrected chi connectivity index (χ3v) is 1.92. The smallest absolute Gasteiger partial charge is 0.0912 e. The summed E-state index contributed by atoms with van der Waals surface area (Å²) in [5.74, 6) is 0. The van der Waals surface area contributed by atoms with Crippen LogP contribution in [-0.2, 0) is 0 Å². The average molecular weight is 161 g/mol. The van der Waals surface area contributed by atoms with Crippen molar-refractivity contribution in [3.63, 3.8) is 0 Å². The van der Waals surface area contributed by atoms with Crippen LogP contribution in [0.25, 0.3) is 6.08 Å². The van der Waals surface area contributed by atoms with Gasteiger partial charge in [0.05, 0.1) is 6.07 Å². The van der Waals surface area contributed by atoms with Gasteiger partial charge in [-0.25, -0.2) is 0 Å². The first kappa shape index (κ1) is 7.77. The highest BCUT2D eigenvalue weighted by Gasteiger charge is 1.81. The first-order chi connectivity index (χ1) is 5.43. The maximum absolute atomic E-state index is 8.16. The number of hydrogen-bond acceptors (Lipinski definition) is 2. The zero-order valence-electron chi connectivity index (χ0n) is 5.90. The molecule has 0 bridgehead atoms. The van der Waals surface area contributed by atoms with E-state index in [1.54, 1.807) is 17.4 Å². The zero-order valence-corrected chi connectivity index (χ0v) is 6.71. The normalized spacial score (nSPS) is 10.8. The van der Waals surface area contributed by atoms with Crippen molar-refractivity contribution in [1.82, 2.24) is 0 Å². The van der Waals surface area contributed by atoms with E-state index in [1.807, 2.05) is 35.7 Å². The molecule has 0 aliphatic heterocycles. The van der Waals surface area contributed by atoms with E-state index in [0.717, 1.165) is 0 Å². The summed E-state index contributed by atoms with van der Waals surface area (Å²) >= 11 is 1.68. The lowest BCUT2D eigenvalue weighted by molar-refractivity contribution is 1.53. The van der Waals surface area contributed by atoms with E-state index in [4.69, 9.17) is 5.26 Å². The second-order valence-electron chi connectivity index (χ2n) is 1.86. The van der Waals surface area contributed by atoms with Gasteiger partial charge in [-0.15, -0.1) is 11.3 Å². The fraction of sp³-hybridized carbons (Fsp3) is 0. The van der Waals surface area contributed by atoms with Crippen LogP contribution in [0.2, 0.25) is 0 Å². The quantitative estimate of drug-likeness (QED) is 0.483. The summed E-state index contributed by atoms with van der Waals surface area (Å²) in [6.07, 6.45) is 7.00. The van der Waals surface area contributed by atoms with Gasteiger partial charge < -0.3 is 0 Å². The summed E-state index contributed by atoms with van der Waals surface area (Å²) in [6.45, 7) is 0. The molecular weight excluding hydrogens is 154 g/mol. The van der Waals surface area contributed by atoms with Crippen LogP contribution in [0.4, 0.5) is 0 Å². The fourth-order valence-corrected chi connectivity index (χ4v) is 1.26. The Balaban J connectivity index is 2.51. The second-order valence-corrected chi connectivity index (χ2v) is 2.84. The molecular formula is C9H7NS. The van der Waals surface area contributed by atoms with Gasteiger partial charge in [0.15, 0.2) is 0 Å². The first-order valence-corrected chi connectivity index (χ1v) is 4.08. The number of nitrogens with zero attached hydrogens (tertiary/aromatic N) is 1. The standard InChI is InChI=1S/C9H7NS/c10-7-3-1-2-5-9-6-4-8-11-9/h1-6,8H/b3-1+,5-2+. The topological polar surface area (TPSA) is 23.8 Å². The maximum atomic E-state index is 8.16. The molecule has 0 amide bonds. The molecule has 0 atom stereocenters. The summed E-state index contributed by atoms with van der Waals surface area (Å²) in [7, 11) is 0. The highest BCUT2D eigenvalue weighted by molar-refractivity contribution is 7.10. The van der Waals surface area contributed by atoms with Gasteiger partial charge in [-0.05, 0) is 17.5 Å². The molecule has 0 fully saturated rings. The van der Waals surface area contributed by atoms with Gasteiger partial charge in [-0.2, -0.15) is 5.26 Å². The minimum atomic E-state index is 1.20. The van der Waals surface area contributed by atoms with E-state index >= 15 is 0 Å². The second kappa shape index (κ2) is 4.48. The summed E-state index contributed by atoms with van der Waals surface area (Å²) in [4.78, 5) is 1.20. The Kier molecular flexibility index (Phi) is 3.17. The lowest BCUT2D eigenvalue weighted by Gasteiger charge is -1.76. The Bertz CT molecular complexity index is 288. The molecule has 0 unspecified atom stereocenters. The Morgan fingerprint density at radius 2 is 2.36 bits per heavy atom. The molecule has 0 aliphatic carbocycles. The van der Waals surface area contributed by atoms with Crippen molar-refractivity contribution < 1.29 is 0 Å². The Morgan fingerprint density at radius 1 is 1.45 bits per heavy atom. The van der Waals surface area contributed by atoms with Crippen molar-refractivity contribution in [1.29, 1.82) is 5.26 Å². The molecule has 11 heavy (non-hydrogen) atoms. The van der Waals surface area contributed by atoms with Gasteiger partial charge in [0, 0.05) is 11.0 Å². The van der Waals surface area contributed by atoms with Crippen molar-refractivity contribution in [3.05, 3.63) is 40.6 Å². The minimum Gasteiger partial charge on any atom is -0.193 e. The van der Waals surface area contributed by atoms with Crippen molar-refractivity contribution in [3.8, 4) is 6.07 Å².